The summed E-state index contributed by atoms with van der Waals surface area (Å²) in [7, 11) is -3.38. The number of pyridine rings is 3. The maximum atomic E-state index is 15.7. The van der Waals surface area contributed by atoms with Gasteiger partial charge in [0.15, 0.2) is 7.14 Å². The van der Waals surface area contributed by atoms with Gasteiger partial charge in [-0.25, -0.2) is 4.98 Å². The van der Waals surface area contributed by atoms with Gasteiger partial charge in [-0.15, -0.1) is 0 Å². The van der Waals surface area contributed by atoms with Crippen LogP contribution in [0.2, 0.25) is 0 Å². The fourth-order valence-electron chi connectivity index (χ4n) is 5.82. The van der Waals surface area contributed by atoms with Crippen LogP contribution in [0.15, 0.2) is 128 Å². The lowest BCUT2D eigenvalue weighted by atomic mass is 10.1. The highest BCUT2D eigenvalue weighted by Crippen LogP contribution is 2.45. The fraction of sp³-hybridized carbons (Fsp3) is 0. The summed E-state index contributed by atoms with van der Waals surface area (Å²) in [6.45, 7) is 0. The van der Waals surface area contributed by atoms with E-state index in [2.05, 4.69) is 50.8 Å². The maximum Gasteiger partial charge on any atom is 0.173 e. The summed E-state index contributed by atoms with van der Waals surface area (Å²) in [4.78, 5) is 13.9. The lowest BCUT2D eigenvalue weighted by Gasteiger charge is -2.21. The van der Waals surface area contributed by atoms with Crippen LogP contribution in [-0.4, -0.2) is 19.4 Å². The summed E-state index contributed by atoms with van der Waals surface area (Å²) in [6.07, 6.45) is 5.18. The van der Waals surface area contributed by atoms with Crippen molar-refractivity contribution in [3.63, 3.8) is 0 Å². The Kier molecular flexibility index (Phi) is 4.73. The SMILES string of the molecule is O=P(c1ccncc1)(c1ccc2cccnc2c1)c1cccc2nc3c4ccccc4c4ccccc4n3c12. The van der Waals surface area contributed by atoms with Gasteiger partial charge in [-0.05, 0) is 47.9 Å². The Bertz CT molecular complexity index is 2270. The van der Waals surface area contributed by atoms with Crippen LogP contribution in [0.5, 0.6) is 0 Å². The molecule has 6 heteroatoms. The maximum absolute atomic E-state index is 15.7. The van der Waals surface area contributed by atoms with E-state index >= 15 is 4.57 Å². The predicted molar refractivity (Wildman–Crippen MR) is 160 cm³/mol. The number of hydrogen-bond acceptors (Lipinski definition) is 4. The van der Waals surface area contributed by atoms with E-state index in [-0.39, 0.29) is 0 Å². The Hall–Kier alpha value is -4.86. The molecule has 0 radical (unpaired) electrons. The first-order chi connectivity index (χ1) is 19.2. The number of nitrogens with zero attached hydrogens (tertiary/aromatic N) is 4. The number of rotatable bonds is 3. The van der Waals surface area contributed by atoms with Crippen molar-refractivity contribution >= 4 is 72.3 Å². The van der Waals surface area contributed by atoms with Crippen LogP contribution in [0, 0.1) is 0 Å². The fourth-order valence-corrected chi connectivity index (χ4v) is 8.62. The van der Waals surface area contributed by atoms with Crippen molar-refractivity contribution in [3.8, 4) is 0 Å². The van der Waals surface area contributed by atoms with Gasteiger partial charge in [0.1, 0.15) is 5.65 Å². The molecule has 4 aromatic carbocycles. The quantitative estimate of drug-likeness (QED) is 0.201. The molecule has 0 aliphatic carbocycles. The molecule has 0 fully saturated rings. The van der Waals surface area contributed by atoms with Crippen LogP contribution in [0.4, 0.5) is 0 Å². The molecular formula is C33H21N4OP. The molecule has 0 bridgehead atoms. The van der Waals surface area contributed by atoms with Crippen LogP contribution in [-0.2, 0) is 4.57 Å². The van der Waals surface area contributed by atoms with Gasteiger partial charge in [0, 0.05) is 50.7 Å². The highest BCUT2D eigenvalue weighted by Gasteiger charge is 2.33. The molecular weight excluding hydrogens is 499 g/mol. The molecule has 0 N–H and O–H groups in total. The average Bonchev–Trinajstić information content (AvgIpc) is 3.41. The van der Waals surface area contributed by atoms with E-state index in [0.29, 0.717) is 0 Å². The van der Waals surface area contributed by atoms with Crippen molar-refractivity contribution in [3.05, 3.63) is 128 Å². The largest absolute Gasteiger partial charge is 0.309 e. The average molecular weight is 521 g/mol. The van der Waals surface area contributed by atoms with Crippen LogP contribution in [0.3, 0.4) is 0 Å². The number of aromatic nitrogens is 4. The Morgan fingerprint density at radius 1 is 0.615 bits per heavy atom. The zero-order valence-corrected chi connectivity index (χ0v) is 21.7. The van der Waals surface area contributed by atoms with Gasteiger partial charge in [0.05, 0.1) is 22.1 Å². The van der Waals surface area contributed by atoms with Gasteiger partial charge >= 0.3 is 0 Å². The molecule has 8 aromatic rings. The first-order valence-corrected chi connectivity index (χ1v) is 14.5. The van der Waals surface area contributed by atoms with E-state index in [1.54, 1.807) is 18.6 Å². The normalized spacial score (nSPS) is 13.4. The van der Waals surface area contributed by atoms with Crippen LogP contribution < -0.4 is 15.9 Å². The highest BCUT2D eigenvalue weighted by atomic mass is 31.2. The second-order valence-electron chi connectivity index (χ2n) is 9.67. The molecule has 1 unspecified atom stereocenters. The number of hydrogen-bond donors (Lipinski definition) is 0. The van der Waals surface area contributed by atoms with Gasteiger partial charge in [0.2, 0.25) is 0 Å². The van der Waals surface area contributed by atoms with Crippen molar-refractivity contribution in [2.45, 2.75) is 0 Å². The summed E-state index contributed by atoms with van der Waals surface area (Å²) in [5.41, 5.74) is 4.36. The summed E-state index contributed by atoms with van der Waals surface area (Å²) < 4.78 is 17.9. The lowest BCUT2D eigenvalue weighted by Crippen LogP contribution is -2.26. The van der Waals surface area contributed by atoms with Crippen molar-refractivity contribution in [2.75, 3.05) is 0 Å². The van der Waals surface area contributed by atoms with E-state index in [9.17, 15) is 0 Å². The third-order valence-electron chi connectivity index (χ3n) is 7.58. The van der Waals surface area contributed by atoms with Crippen molar-refractivity contribution < 1.29 is 4.57 Å². The number of benzene rings is 4. The number of imidazole rings is 1. The van der Waals surface area contributed by atoms with Crippen molar-refractivity contribution in [1.82, 2.24) is 19.4 Å². The molecule has 4 aromatic heterocycles. The van der Waals surface area contributed by atoms with Crippen molar-refractivity contribution in [2.24, 2.45) is 0 Å². The summed E-state index contributed by atoms with van der Waals surface area (Å²) >= 11 is 0. The predicted octanol–water partition coefficient (Wildman–Crippen LogP) is 6.38. The first kappa shape index (κ1) is 22.2. The molecule has 0 spiro atoms. The zero-order valence-electron chi connectivity index (χ0n) is 20.8. The van der Waals surface area contributed by atoms with E-state index in [4.69, 9.17) is 4.98 Å². The highest BCUT2D eigenvalue weighted by molar-refractivity contribution is 7.85. The van der Waals surface area contributed by atoms with Gasteiger partial charge in [-0.1, -0.05) is 66.7 Å². The van der Waals surface area contributed by atoms with Crippen molar-refractivity contribution in [1.29, 1.82) is 0 Å². The Labute approximate surface area is 223 Å². The standard InChI is InChI=1S/C33H21N4OP/c38-39(23-16-19-34-20-17-23,24-15-14-22-7-6-18-35-29(22)21-24)31-13-5-11-28-32(31)37-30-12-4-3-9-26(30)25-8-1-2-10-27(25)33(37)36-28/h1-21H. The minimum Gasteiger partial charge on any atom is -0.309 e. The molecule has 5 nitrogen and oxygen atoms in total. The Morgan fingerprint density at radius 2 is 1.41 bits per heavy atom. The summed E-state index contributed by atoms with van der Waals surface area (Å²) in [5.74, 6) is 0. The van der Waals surface area contributed by atoms with Crippen LogP contribution in [0.1, 0.15) is 0 Å². The molecule has 0 saturated heterocycles. The monoisotopic (exact) mass is 520 g/mol. The molecule has 4 heterocycles. The lowest BCUT2D eigenvalue weighted by molar-refractivity contribution is 0.592. The molecule has 0 aliphatic rings. The molecule has 0 saturated carbocycles. The summed E-state index contributed by atoms with van der Waals surface area (Å²) in [5, 5.41) is 6.54. The minimum atomic E-state index is -3.38. The molecule has 184 valence electrons. The van der Waals surface area contributed by atoms with Crippen LogP contribution in [0.25, 0.3) is 49.3 Å². The molecule has 0 aliphatic heterocycles. The molecule has 0 amide bonds. The third kappa shape index (κ3) is 3.14. The number of para-hydroxylation sites is 2. The van der Waals surface area contributed by atoms with Crippen LogP contribution >= 0.6 is 7.14 Å². The van der Waals surface area contributed by atoms with E-state index in [1.807, 2.05) is 72.8 Å². The van der Waals surface area contributed by atoms with Gasteiger partial charge in [-0.2, -0.15) is 0 Å². The van der Waals surface area contributed by atoms with Gasteiger partial charge < -0.3 is 4.57 Å². The van der Waals surface area contributed by atoms with E-state index in [1.165, 1.54) is 0 Å². The second kappa shape index (κ2) is 8.32. The second-order valence-corrected chi connectivity index (χ2v) is 12.4. The minimum absolute atomic E-state index is 0.723. The van der Waals surface area contributed by atoms with Gasteiger partial charge in [0.25, 0.3) is 0 Å². The smallest absolute Gasteiger partial charge is 0.173 e. The Balaban J connectivity index is 1.57. The van der Waals surface area contributed by atoms with Gasteiger partial charge in [-0.3, -0.25) is 14.4 Å². The Morgan fingerprint density at radius 3 is 2.28 bits per heavy atom. The molecule has 8 rings (SSSR count). The topological polar surface area (TPSA) is 60.2 Å². The summed E-state index contributed by atoms with van der Waals surface area (Å²) in [6, 6.07) is 36.3. The van der Waals surface area contributed by atoms with E-state index in [0.717, 1.165) is 65.2 Å². The molecule has 39 heavy (non-hydrogen) atoms. The van der Waals surface area contributed by atoms with E-state index < -0.39 is 7.14 Å². The zero-order chi connectivity index (χ0) is 26.0. The number of fused-ring (bicyclic) bond motifs is 9. The molecule has 1 atom stereocenters. The third-order valence-corrected chi connectivity index (χ3v) is 10.6. The first-order valence-electron chi connectivity index (χ1n) is 12.8.